The number of aliphatic carboxylic acids is 2. The fourth-order valence-corrected chi connectivity index (χ4v) is 9.92. The molecule has 1 amide bonds. The Hall–Kier alpha value is -7.17. The number of cyclic esters (lactones) is 1. The number of carboxylic acid groups (broad SMARTS) is 3. The SMILES string of the molecule is CC(=O)Oc1ccccc1C(=O)O.CCC(C)(C)C(=O)O[C@H]1C[C@@H](C)C=C2C=C[C@H](C)[C@H](CC[C@@H]3C[C@@H](O)CC(=O)O3)[C@H]21.CN(C)C(=N)N=C(N)N.NCCCC[C@H](N[C@@H](CCc1ccccc1)C(=O)O)C(=O)N1CCC[C@H]1C(=O)O. The van der Waals surface area contributed by atoms with Crippen molar-refractivity contribution in [3.8, 4) is 5.75 Å². The minimum Gasteiger partial charge on any atom is -0.480 e. The predicted octanol–water partition coefficient (Wildman–Crippen LogP) is 5.89. The van der Waals surface area contributed by atoms with E-state index in [2.05, 4.69) is 47.1 Å². The molecule has 2 aromatic carbocycles. The second kappa shape index (κ2) is 33.6. The molecule has 2 aliphatic heterocycles. The Balaban J connectivity index is 0.000000313. The highest BCUT2D eigenvalue weighted by Gasteiger charge is 2.44. The highest BCUT2D eigenvalue weighted by molar-refractivity contribution is 5.92. The maximum Gasteiger partial charge on any atom is 0.339 e. The fraction of sp³-hybridized carbons (Fsp3) is 0.576. The molecule has 2 heterocycles. The summed E-state index contributed by atoms with van der Waals surface area (Å²) in [5, 5.41) is 47.7. The maximum atomic E-state index is 13.1. The number of nitrogens with zero attached hydrogens (tertiary/aromatic N) is 3. The first kappa shape index (κ1) is 68.1. The van der Waals surface area contributed by atoms with Gasteiger partial charge in [-0.1, -0.05) is 87.9 Å². The van der Waals surface area contributed by atoms with Crippen LogP contribution in [0.5, 0.6) is 5.75 Å². The molecule has 0 radical (unpaired) electrons. The lowest BCUT2D eigenvalue weighted by Gasteiger charge is -2.44. The molecule has 0 aromatic heterocycles. The third kappa shape index (κ3) is 22.7. The first-order chi connectivity index (χ1) is 38.2. The summed E-state index contributed by atoms with van der Waals surface area (Å²) in [6.07, 6.45) is 13.4. The van der Waals surface area contributed by atoms with Gasteiger partial charge in [-0.2, -0.15) is 4.99 Å². The summed E-state index contributed by atoms with van der Waals surface area (Å²) < 4.78 is 16.3. The Bertz CT molecular complexity index is 2510. The highest BCUT2D eigenvalue weighted by atomic mass is 16.6. The number of allylic oxidation sites excluding steroid dienone is 3. The van der Waals surface area contributed by atoms with Crippen LogP contribution in [0.25, 0.3) is 0 Å². The number of aliphatic hydroxyl groups excluding tert-OH is 1. The molecule has 2 aromatic rings. The lowest BCUT2D eigenvalue weighted by atomic mass is 9.65. The molecule has 10 atom stereocenters. The minimum absolute atomic E-state index is 0.0160. The topological polar surface area (TPSA) is 361 Å². The number of aromatic carboxylic acids is 1. The van der Waals surface area contributed by atoms with Crippen molar-refractivity contribution in [2.24, 2.45) is 51.3 Å². The molecule has 2 saturated heterocycles. The van der Waals surface area contributed by atoms with Crippen molar-refractivity contribution in [3.05, 3.63) is 89.5 Å². The van der Waals surface area contributed by atoms with E-state index < -0.39 is 53.5 Å². The van der Waals surface area contributed by atoms with Gasteiger partial charge in [0.25, 0.3) is 0 Å². The number of aryl methyl sites for hydroxylation is 1. The molecule has 22 heteroatoms. The van der Waals surface area contributed by atoms with Gasteiger partial charge in [0, 0.05) is 39.9 Å². The Morgan fingerprint density at radius 1 is 0.951 bits per heavy atom. The van der Waals surface area contributed by atoms with Crippen molar-refractivity contribution >= 4 is 53.6 Å². The van der Waals surface area contributed by atoms with Crippen LogP contribution in [0.15, 0.2) is 83.4 Å². The lowest BCUT2D eigenvalue weighted by molar-refractivity contribution is -0.166. The van der Waals surface area contributed by atoms with E-state index in [1.54, 1.807) is 26.2 Å². The third-order valence-corrected chi connectivity index (χ3v) is 14.7. The lowest BCUT2D eigenvalue weighted by Crippen LogP contribution is -2.54. The number of likely N-dealkylation sites (tertiary alicyclic amines) is 1. The van der Waals surface area contributed by atoms with Gasteiger partial charge in [0.2, 0.25) is 11.9 Å². The Morgan fingerprint density at radius 3 is 2.19 bits per heavy atom. The molecule has 4 aliphatic rings. The summed E-state index contributed by atoms with van der Waals surface area (Å²) in [5.74, 6) is -3.21. The van der Waals surface area contributed by atoms with Crippen molar-refractivity contribution in [1.29, 1.82) is 5.41 Å². The number of carbonyl (C=O) groups excluding carboxylic acids is 4. The zero-order valence-electron chi connectivity index (χ0n) is 48.3. The third-order valence-electron chi connectivity index (χ3n) is 14.7. The van der Waals surface area contributed by atoms with E-state index in [0.717, 1.165) is 37.7 Å². The van der Waals surface area contributed by atoms with Crippen LogP contribution in [0.1, 0.15) is 135 Å². The van der Waals surface area contributed by atoms with E-state index in [9.17, 15) is 48.9 Å². The quantitative estimate of drug-likeness (QED) is 0.0245. The number of para-hydroxylation sites is 1. The summed E-state index contributed by atoms with van der Waals surface area (Å²) >= 11 is 0. The molecule has 0 bridgehead atoms. The summed E-state index contributed by atoms with van der Waals surface area (Å²) in [6, 6.07) is 13.1. The number of unbranched alkanes of at least 4 members (excludes halogenated alkanes) is 1. The highest BCUT2D eigenvalue weighted by Crippen LogP contribution is 2.46. The van der Waals surface area contributed by atoms with Gasteiger partial charge in [0.15, 0.2) is 5.96 Å². The van der Waals surface area contributed by atoms with Crippen molar-refractivity contribution in [2.45, 2.75) is 161 Å². The predicted molar refractivity (Wildman–Crippen MR) is 306 cm³/mol. The summed E-state index contributed by atoms with van der Waals surface area (Å²) in [4.78, 5) is 88.4. The van der Waals surface area contributed by atoms with Crippen LogP contribution < -0.4 is 27.3 Å². The van der Waals surface area contributed by atoms with Crippen LogP contribution in [0.4, 0.5) is 0 Å². The monoisotopic (exact) mass is 1130 g/mol. The van der Waals surface area contributed by atoms with E-state index in [1.165, 1.54) is 34.4 Å². The molecular formula is C59H88N8O14. The number of aliphatic imine (C=N–C) groups is 1. The van der Waals surface area contributed by atoms with Crippen LogP contribution in [0.3, 0.4) is 0 Å². The second-order valence-electron chi connectivity index (χ2n) is 21.8. The van der Waals surface area contributed by atoms with Gasteiger partial charge in [0.05, 0.1) is 24.0 Å². The minimum atomic E-state index is -1.11. The molecule has 0 spiro atoms. The average Bonchev–Trinajstić information content (AvgIpc) is 4.02. The number of nitrogens with two attached hydrogens (primary N) is 3. The Morgan fingerprint density at radius 2 is 1.62 bits per heavy atom. The number of benzene rings is 2. The molecule has 81 heavy (non-hydrogen) atoms. The zero-order valence-corrected chi connectivity index (χ0v) is 48.3. The van der Waals surface area contributed by atoms with E-state index in [4.69, 9.17) is 37.2 Å². The summed E-state index contributed by atoms with van der Waals surface area (Å²) in [5.41, 5.74) is 17.3. The van der Waals surface area contributed by atoms with Crippen molar-refractivity contribution in [3.63, 3.8) is 0 Å². The van der Waals surface area contributed by atoms with Gasteiger partial charge in [-0.25, -0.2) is 9.59 Å². The summed E-state index contributed by atoms with van der Waals surface area (Å²) in [6.45, 7) is 12.4. The molecule has 6 rings (SSSR count). The van der Waals surface area contributed by atoms with E-state index in [0.29, 0.717) is 75.8 Å². The number of guanidine groups is 2. The number of esters is 3. The number of fused-ring (bicyclic) bond motifs is 1. The first-order valence-electron chi connectivity index (χ1n) is 27.8. The largest absolute Gasteiger partial charge is 0.480 e. The molecule has 12 N–H and O–H groups in total. The molecule has 0 saturated carbocycles. The average molecular weight is 1130 g/mol. The number of hydrogen-bond donors (Lipinski definition) is 9. The molecule has 22 nitrogen and oxygen atoms in total. The van der Waals surface area contributed by atoms with Crippen molar-refractivity contribution in [1.82, 2.24) is 15.1 Å². The molecule has 448 valence electrons. The standard InChI is InChI=1S/C25H38O5.C21H31N3O5.C9H8O4.C4H11N5/c1-6-25(4,5)24(28)30-21-12-15(2)11-17-8-7-16(3)20(23(17)21)10-9-19-13-18(26)14-22(27)29-19;22-13-5-4-9-16(19(25)24-14-6-10-18(24)21(28)29)23-17(20(26)27)12-11-15-7-2-1-3-8-15;1-6(10)13-8-5-3-2-4-7(8)9(11)12;1-9(2)4(7)8-3(5)6/h7-8,11,15-16,18-21,23,26H,6,9-10,12-14H2,1-5H3;1-3,7-8,16-18,23H,4-6,9-14,22H2,(H,26,27)(H,28,29);2-5H,1H3,(H,11,12);1-2H3,(H5,5,6,7,8)/t15-,16-,18+,19+,20-,21-,23-;16-,17-,18-;;/m00../s1. The van der Waals surface area contributed by atoms with Gasteiger partial charge in [-0.3, -0.25) is 34.7 Å². The van der Waals surface area contributed by atoms with Crippen molar-refractivity contribution < 1.29 is 68.2 Å². The molecular weight excluding hydrogens is 1040 g/mol. The number of hydrogen-bond acceptors (Lipinski definition) is 14. The van der Waals surface area contributed by atoms with E-state index >= 15 is 0 Å². The second-order valence-corrected chi connectivity index (χ2v) is 21.8. The number of nitrogens with one attached hydrogen (secondary N) is 2. The Labute approximate surface area is 476 Å². The summed E-state index contributed by atoms with van der Waals surface area (Å²) in [7, 11) is 3.38. The van der Waals surface area contributed by atoms with Gasteiger partial charge in [-0.15, -0.1) is 0 Å². The van der Waals surface area contributed by atoms with Gasteiger partial charge < -0.3 is 61.6 Å². The van der Waals surface area contributed by atoms with Crippen LogP contribution in [-0.4, -0.2) is 147 Å². The van der Waals surface area contributed by atoms with Crippen LogP contribution in [0.2, 0.25) is 0 Å². The maximum absolute atomic E-state index is 13.1. The molecule has 2 aliphatic carbocycles. The van der Waals surface area contributed by atoms with Crippen LogP contribution in [-0.2, 0) is 44.7 Å². The number of amides is 1. The van der Waals surface area contributed by atoms with Gasteiger partial charge in [0.1, 0.15) is 35.6 Å². The van der Waals surface area contributed by atoms with E-state index in [1.807, 2.05) is 51.1 Å². The fourth-order valence-electron chi connectivity index (χ4n) is 9.92. The smallest absolute Gasteiger partial charge is 0.339 e. The number of carbonyl (C=O) groups is 7. The van der Waals surface area contributed by atoms with Gasteiger partial charge >= 0.3 is 35.8 Å². The van der Waals surface area contributed by atoms with Crippen LogP contribution in [0, 0.1) is 34.5 Å². The Kier molecular flexibility index (Phi) is 28.2. The number of aliphatic hydroxyl groups is 1. The van der Waals surface area contributed by atoms with E-state index in [-0.39, 0.29) is 65.6 Å². The first-order valence-corrected chi connectivity index (χ1v) is 27.8. The molecule has 2 fully saturated rings. The normalized spacial score (nSPS) is 22.5. The zero-order chi connectivity index (χ0) is 60.6. The van der Waals surface area contributed by atoms with Crippen molar-refractivity contribution in [2.75, 3.05) is 27.2 Å². The van der Waals surface area contributed by atoms with Gasteiger partial charge in [-0.05, 0) is 126 Å². The number of carboxylic acids is 3. The molecule has 0 unspecified atom stereocenters. The van der Waals surface area contributed by atoms with Crippen LogP contribution >= 0.6 is 0 Å². The number of ether oxygens (including phenoxy) is 3. The number of rotatable bonds is 20.